The van der Waals surface area contributed by atoms with Gasteiger partial charge < -0.3 is 23.7 Å². The Morgan fingerprint density at radius 2 is 1.36 bits per heavy atom. The van der Waals surface area contributed by atoms with E-state index in [1.165, 1.54) is 24.7 Å². The molecule has 1 aliphatic heterocycles. The quantitative estimate of drug-likeness (QED) is 0.219. The van der Waals surface area contributed by atoms with E-state index in [0.717, 1.165) is 25.0 Å². The van der Waals surface area contributed by atoms with Crippen molar-refractivity contribution in [3.05, 3.63) is 78.1 Å². The lowest BCUT2D eigenvalue weighted by Crippen LogP contribution is -2.40. The SMILES string of the molecule is CC(=O)Nc1nc(OC(c2ccccc2)c2ccccc2)c2ncn([C@@H]3O[C@H](OC(C)=O)[C@@H](OC(C)=O)[C@H]3OC(C)=O)c2n1. The minimum absolute atomic E-state index is 0.0327. The zero-order chi connectivity index (χ0) is 31.4. The largest absolute Gasteiger partial charge is 0.463 e. The number of imidazole rings is 1. The lowest BCUT2D eigenvalue weighted by molar-refractivity contribution is -0.198. The summed E-state index contributed by atoms with van der Waals surface area (Å²) >= 11 is 0. The highest BCUT2D eigenvalue weighted by atomic mass is 16.8. The maximum atomic E-state index is 12.1. The highest BCUT2D eigenvalue weighted by Crippen LogP contribution is 2.38. The molecule has 0 aliphatic carbocycles. The molecule has 1 saturated heterocycles. The van der Waals surface area contributed by atoms with Gasteiger partial charge in [0.2, 0.25) is 30.1 Å². The van der Waals surface area contributed by atoms with Crippen molar-refractivity contribution in [1.82, 2.24) is 19.5 Å². The third-order valence-corrected chi connectivity index (χ3v) is 6.42. The van der Waals surface area contributed by atoms with Crippen LogP contribution in [0.3, 0.4) is 0 Å². The lowest BCUT2D eigenvalue weighted by Gasteiger charge is -2.23. The van der Waals surface area contributed by atoms with E-state index in [4.69, 9.17) is 23.7 Å². The van der Waals surface area contributed by atoms with Crippen LogP contribution in [0, 0.1) is 0 Å². The number of nitrogens with one attached hydrogen (secondary N) is 1. The summed E-state index contributed by atoms with van der Waals surface area (Å²) in [6.45, 7) is 4.78. The molecule has 1 aliphatic rings. The fourth-order valence-electron chi connectivity index (χ4n) is 4.79. The number of anilines is 1. The molecule has 228 valence electrons. The molecule has 1 amide bonds. The van der Waals surface area contributed by atoms with Crippen molar-refractivity contribution in [3.63, 3.8) is 0 Å². The second-order valence-corrected chi connectivity index (χ2v) is 9.83. The second-order valence-electron chi connectivity index (χ2n) is 9.83. The van der Waals surface area contributed by atoms with Crippen molar-refractivity contribution in [2.75, 3.05) is 5.32 Å². The van der Waals surface area contributed by atoms with E-state index in [2.05, 4.69) is 20.3 Å². The van der Waals surface area contributed by atoms with E-state index in [0.29, 0.717) is 0 Å². The first-order chi connectivity index (χ1) is 21.1. The maximum Gasteiger partial charge on any atom is 0.305 e. The van der Waals surface area contributed by atoms with E-state index in [9.17, 15) is 19.2 Å². The summed E-state index contributed by atoms with van der Waals surface area (Å²) in [4.78, 5) is 61.3. The average molecular weight is 604 g/mol. The topological polar surface area (TPSA) is 170 Å². The second kappa shape index (κ2) is 12.9. The van der Waals surface area contributed by atoms with Gasteiger partial charge >= 0.3 is 17.9 Å². The maximum absolute atomic E-state index is 12.1. The fraction of sp³-hybridized carbons (Fsp3) is 0.300. The molecule has 0 saturated carbocycles. The molecule has 44 heavy (non-hydrogen) atoms. The van der Waals surface area contributed by atoms with E-state index in [-0.39, 0.29) is 23.0 Å². The molecule has 1 N–H and O–H groups in total. The summed E-state index contributed by atoms with van der Waals surface area (Å²) in [5.41, 5.74) is 1.95. The number of fused-ring (bicyclic) bond motifs is 1. The summed E-state index contributed by atoms with van der Waals surface area (Å²) in [5, 5.41) is 2.56. The Labute approximate surface area is 251 Å². The number of hydrogen-bond acceptors (Lipinski definition) is 12. The Morgan fingerprint density at radius 1 is 0.795 bits per heavy atom. The smallest absolute Gasteiger partial charge is 0.305 e. The van der Waals surface area contributed by atoms with Gasteiger partial charge in [0.15, 0.2) is 29.6 Å². The summed E-state index contributed by atoms with van der Waals surface area (Å²) in [6.07, 6.45) is -4.52. The van der Waals surface area contributed by atoms with Crippen molar-refractivity contribution in [2.45, 2.75) is 58.5 Å². The minimum atomic E-state index is -1.42. The van der Waals surface area contributed by atoms with Crippen molar-refractivity contribution >= 4 is 40.9 Å². The number of hydrogen-bond donors (Lipinski definition) is 1. The average Bonchev–Trinajstić information content (AvgIpc) is 3.52. The monoisotopic (exact) mass is 603 g/mol. The van der Waals surface area contributed by atoms with E-state index in [1.54, 1.807) is 0 Å². The predicted molar refractivity (Wildman–Crippen MR) is 152 cm³/mol. The number of carbonyl (C=O) groups is 4. The molecule has 2 aromatic carbocycles. The van der Waals surface area contributed by atoms with Crippen LogP contribution in [0.25, 0.3) is 11.2 Å². The number of benzene rings is 2. The predicted octanol–water partition coefficient (Wildman–Crippen LogP) is 3.23. The first-order valence-corrected chi connectivity index (χ1v) is 13.6. The van der Waals surface area contributed by atoms with E-state index < -0.39 is 54.6 Å². The first kappa shape index (κ1) is 30.1. The molecule has 14 nitrogen and oxygen atoms in total. The van der Waals surface area contributed by atoms with Crippen LogP contribution in [0.4, 0.5) is 5.95 Å². The van der Waals surface area contributed by atoms with Crippen LogP contribution in [0.2, 0.25) is 0 Å². The third-order valence-electron chi connectivity index (χ3n) is 6.42. The van der Waals surface area contributed by atoms with Gasteiger partial charge in [0.1, 0.15) is 0 Å². The number of amides is 1. The van der Waals surface area contributed by atoms with Crippen LogP contribution in [0.5, 0.6) is 5.88 Å². The normalized spacial score (nSPS) is 19.4. The van der Waals surface area contributed by atoms with Crippen molar-refractivity contribution in [1.29, 1.82) is 0 Å². The van der Waals surface area contributed by atoms with Gasteiger partial charge in [-0.25, -0.2) is 4.98 Å². The van der Waals surface area contributed by atoms with Crippen LogP contribution in [0.15, 0.2) is 67.0 Å². The first-order valence-electron chi connectivity index (χ1n) is 13.6. The van der Waals surface area contributed by atoms with Crippen molar-refractivity contribution in [2.24, 2.45) is 0 Å². The van der Waals surface area contributed by atoms with Crippen LogP contribution in [0.1, 0.15) is 51.2 Å². The highest BCUT2D eigenvalue weighted by molar-refractivity contribution is 5.88. The van der Waals surface area contributed by atoms with Gasteiger partial charge in [-0.15, -0.1) is 0 Å². The number of aromatic nitrogens is 4. The van der Waals surface area contributed by atoms with Gasteiger partial charge in [0.05, 0.1) is 6.33 Å². The number of esters is 3. The molecule has 3 heterocycles. The Morgan fingerprint density at radius 3 is 1.91 bits per heavy atom. The molecule has 0 bridgehead atoms. The van der Waals surface area contributed by atoms with Crippen LogP contribution < -0.4 is 10.1 Å². The third kappa shape index (κ3) is 6.65. The summed E-state index contributed by atoms with van der Waals surface area (Å²) in [7, 11) is 0. The van der Waals surface area contributed by atoms with E-state index in [1.807, 2.05) is 60.7 Å². The highest BCUT2D eigenvalue weighted by Gasteiger charge is 2.52. The molecule has 4 atom stereocenters. The van der Waals surface area contributed by atoms with Crippen molar-refractivity contribution < 1.29 is 42.9 Å². The van der Waals surface area contributed by atoms with Crippen LogP contribution in [-0.2, 0) is 38.1 Å². The van der Waals surface area contributed by atoms with Gasteiger partial charge in [-0.1, -0.05) is 60.7 Å². The minimum Gasteiger partial charge on any atom is -0.463 e. The molecule has 5 rings (SSSR count). The summed E-state index contributed by atoms with van der Waals surface area (Å²) in [6, 6.07) is 18.9. The van der Waals surface area contributed by atoms with Gasteiger partial charge in [-0.2, -0.15) is 9.97 Å². The molecule has 2 aromatic heterocycles. The Bertz CT molecular complexity index is 1640. The van der Waals surface area contributed by atoms with E-state index >= 15 is 0 Å². The molecule has 0 unspecified atom stereocenters. The number of rotatable bonds is 9. The Kier molecular flexibility index (Phi) is 8.81. The van der Waals surface area contributed by atoms with Crippen molar-refractivity contribution in [3.8, 4) is 5.88 Å². The van der Waals surface area contributed by atoms with Gasteiger partial charge in [-0.3, -0.25) is 29.1 Å². The molecule has 4 aromatic rings. The fourth-order valence-corrected chi connectivity index (χ4v) is 4.79. The Balaban J connectivity index is 1.63. The number of nitrogens with zero attached hydrogens (tertiary/aromatic N) is 4. The molecule has 1 fully saturated rings. The van der Waals surface area contributed by atoms with Gasteiger partial charge in [0.25, 0.3) is 0 Å². The number of carbonyl (C=O) groups excluding carboxylic acids is 4. The lowest BCUT2D eigenvalue weighted by atomic mass is 10.0. The Hall–Kier alpha value is -5.37. The summed E-state index contributed by atoms with van der Waals surface area (Å²) in [5.74, 6) is -2.66. The molecule has 0 radical (unpaired) electrons. The molecular formula is C30H29N5O9. The molecular weight excluding hydrogens is 574 g/mol. The zero-order valence-electron chi connectivity index (χ0n) is 24.2. The van der Waals surface area contributed by atoms with Crippen LogP contribution in [-0.4, -0.2) is 61.8 Å². The van der Waals surface area contributed by atoms with Gasteiger partial charge in [0, 0.05) is 27.7 Å². The zero-order valence-corrected chi connectivity index (χ0v) is 24.2. The molecule has 14 heteroatoms. The standard InChI is InChI=1S/C30H29N5O9/c1-16(36)32-30-33-26-22(27(34-30)43-23(20-11-7-5-8-12-20)21-13-9-6-10-14-21)31-15-35(26)28-24(40-17(2)37)25(41-18(3)38)29(44-28)42-19(4)39/h5-15,23-25,28-29H,1-4H3,(H,32,33,34,36)/t24-,25+,28-,29+/m1/s1. The number of ether oxygens (including phenoxy) is 5. The molecule has 0 spiro atoms. The summed E-state index contributed by atoms with van der Waals surface area (Å²) < 4.78 is 30.0. The van der Waals surface area contributed by atoms with Gasteiger partial charge in [-0.05, 0) is 11.1 Å². The van der Waals surface area contributed by atoms with Crippen LogP contribution >= 0.6 is 0 Å².